The highest BCUT2D eigenvalue weighted by Gasteiger charge is 2.31. The summed E-state index contributed by atoms with van der Waals surface area (Å²) in [6, 6.07) is 31.1. The van der Waals surface area contributed by atoms with Gasteiger partial charge in [-0.1, -0.05) is 97.7 Å². The van der Waals surface area contributed by atoms with Crippen LogP contribution < -0.4 is 9.80 Å². The molecule has 4 aromatic carbocycles. The van der Waals surface area contributed by atoms with E-state index < -0.39 is 0 Å². The summed E-state index contributed by atoms with van der Waals surface area (Å²) in [6.45, 7) is 13.5. The second-order valence-electron chi connectivity index (χ2n) is 11.5. The van der Waals surface area contributed by atoms with Crippen LogP contribution in [0.2, 0.25) is 0 Å². The van der Waals surface area contributed by atoms with Crippen molar-refractivity contribution in [3.63, 3.8) is 0 Å². The first kappa shape index (κ1) is 25.1. The van der Waals surface area contributed by atoms with E-state index in [0.717, 1.165) is 43.1 Å². The highest BCUT2D eigenvalue weighted by atomic mass is 79.9. The summed E-state index contributed by atoms with van der Waals surface area (Å²) in [4.78, 5) is 4.74. The average Bonchev–Trinajstić information content (AvgIpc) is 2.81. The van der Waals surface area contributed by atoms with Crippen LogP contribution in [-0.2, 0) is 10.8 Å². The maximum atomic E-state index is 3.74. The molecule has 0 saturated carbocycles. The van der Waals surface area contributed by atoms with Crippen molar-refractivity contribution >= 4 is 66.0 Å². The molecule has 0 aliphatic carbocycles. The number of nitrogens with zero attached hydrogens (tertiary/aromatic N) is 2. The van der Waals surface area contributed by atoms with Crippen LogP contribution in [0.15, 0.2) is 93.9 Å². The molecule has 0 N–H and O–H groups in total. The van der Waals surface area contributed by atoms with Crippen molar-refractivity contribution in [1.29, 1.82) is 0 Å². The highest BCUT2D eigenvalue weighted by molar-refractivity contribution is 9.10. The standard InChI is InChI=1S/C32H32Br2N2/c1-31(2,3)21-7-13-25(14-8-21)35-27-17-11-23(33)19-29(27)36(30-20-24(34)12-18-28(30)35)26-15-9-22(10-16-26)32(4,5)6/h7-20H,1-6H3. The Morgan fingerprint density at radius 2 is 0.778 bits per heavy atom. The predicted molar refractivity (Wildman–Crippen MR) is 162 cm³/mol. The summed E-state index contributed by atoms with van der Waals surface area (Å²) in [7, 11) is 0. The van der Waals surface area contributed by atoms with E-state index in [4.69, 9.17) is 0 Å². The van der Waals surface area contributed by atoms with E-state index in [0.29, 0.717) is 0 Å². The fourth-order valence-corrected chi connectivity index (χ4v) is 5.46. The number of hydrogen-bond donors (Lipinski definition) is 0. The zero-order valence-electron chi connectivity index (χ0n) is 21.7. The molecule has 0 fully saturated rings. The van der Waals surface area contributed by atoms with Gasteiger partial charge in [-0.25, -0.2) is 0 Å². The van der Waals surface area contributed by atoms with Gasteiger partial charge in [-0.05, 0) is 82.6 Å². The van der Waals surface area contributed by atoms with E-state index in [2.05, 4.69) is 168 Å². The summed E-state index contributed by atoms with van der Waals surface area (Å²) in [6.07, 6.45) is 0. The monoisotopic (exact) mass is 602 g/mol. The van der Waals surface area contributed by atoms with Crippen LogP contribution in [0.4, 0.5) is 34.1 Å². The van der Waals surface area contributed by atoms with Gasteiger partial charge >= 0.3 is 0 Å². The lowest BCUT2D eigenvalue weighted by Gasteiger charge is -2.40. The molecule has 4 aromatic rings. The third-order valence-corrected chi connectivity index (χ3v) is 7.81. The average molecular weight is 604 g/mol. The lowest BCUT2D eigenvalue weighted by atomic mass is 9.87. The normalized spacial score (nSPS) is 13.4. The maximum Gasteiger partial charge on any atom is 0.0714 e. The van der Waals surface area contributed by atoms with E-state index in [-0.39, 0.29) is 10.8 Å². The number of benzene rings is 4. The van der Waals surface area contributed by atoms with E-state index in [1.165, 1.54) is 11.1 Å². The zero-order chi connectivity index (χ0) is 25.8. The lowest BCUT2D eigenvalue weighted by molar-refractivity contribution is 0.590. The van der Waals surface area contributed by atoms with E-state index in [9.17, 15) is 0 Å². The van der Waals surface area contributed by atoms with Crippen molar-refractivity contribution < 1.29 is 0 Å². The zero-order valence-corrected chi connectivity index (χ0v) is 24.9. The van der Waals surface area contributed by atoms with Gasteiger partial charge in [-0.2, -0.15) is 0 Å². The van der Waals surface area contributed by atoms with Gasteiger partial charge < -0.3 is 9.80 Å². The van der Waals surface area contributed by atoms with Crippen LogP contribution in [0.5, 0.6) is 0 Å². The predicted octanol–water partition coefficient (Wildman–Crippen LogP) is 11.1. The molecule has 0 bridgehead atoms. The van der Waals surface area contributed by atoms with Gasteiger partial charge in [0.25, 0.3) is 0 Å². The van der Waals surface area contributed by atoms with Gasteiger partial charge in [0.05, 0.1) is 22.7 Å². The second kappa shape index (κ2) is 9.08. The van der Waals surface area contributed by atoms with Crippen LogP contribution in [0, 0.1) is 0 Å². The van der Waals surface area contributed by atoms with E-state index in [1.807, 2.05) is 0 Å². The second-order valence-corrected chi connectivity index (χ2v) is 13.4. The fraction of sp³-hybridized carbons (Fsp3) is 0.250. The Morgan fingerprint density at radius 3 is 1.11 bits per heavy atom. The minimum atomic E-state index is 0.109. The van der Waals surface area contributed by atoms with Crippen LogP contribution >= 0.6 is 31.9 Å². The Morgan fingerprint density at radius 1 is 0.444 bits per heavy atom. The van der Waals surface area contributed by atoms with Crippen molar-refractivity contribution in [3.05, 3.63) is 105 Å². The maximum absolute atomic E-state index is 3.74. The molecular formula is C32H32Br2N2. The van der Waals surface area contributed by atoms with E-state index in [1.54, 1.807) is 0 Å². The number of halogens is 2. The fourth-order valence-electron chi connectivity index (χ4n) is 4.77. The van der Waals surface area contributed by atoms with Crippen LogP contribution in [0.1, 0.15) is 52.7 Å². The minimum Gasteiger partial charge on any atom is -0.306 e. The minimum absolute atomic E-state index is 0.109. The van der Waals surface area contributed by atoms with Gasteiger partial charge in [0.1, 0.15) is 0 Å². The molecule has 36 heavy (non-hydrogen) atoms. The van der Waals surface area contributed by atoms with Crippen molar-refractivity contribution in [2.24, 2.45) is 0 Å². The molecule has 0 saturated heterocycles. The lowest BCUT2D eigenvalue weighted by Crippen LogP contribution is -2.24. The molecular weight excluding hydrogens is 572 g/mol. The Bertz CT molecular complexity index is 1360. The van der Waals surface area contributed by atoms with Gasteiger partial charge in [0.2, 0.25) is 0 Å². The Hall–Kier alpha value is -2.56. The van der Waals surface area contributed by atoms with Gasteiger partial charge in [0, 0.05) is 20.3 Å². The SMILES string of the molecule is CC(C)(C)c1ccc(N2c3ccc(Br)cc3N(c3ccc(C(C)(C)C)cc3)c3cc(Br)ccc32)cc1. The van der Waals surface area contributed by atoms with Gasteiger partial charge in [-0.15, -0.1) is 0 Å². The molecule has 184 valence electrons. The Balaban J connectivity index is 1.71. The number of rotatable bonds is 2. The smallest absolute Gasteiger partial charge is 0.0714 e. The molecule has 1 aliphatic rings. The molecule has 0 atom stereocenters. The van der Waals surface area contributed by atoms with Gasteiger partial charge in [0.15, 0.2) is 0 Å². The molecule has 0 spiro atoms. The first-order valence-electron chi connectivity index (χ1n) is 12.3. The topological polar surface area (TPSA) is 6.48 Å². The Labute approximate surface area is 232 Å². The Kier molecular flexibility index (Phi) is 6.33. The number of hydrogen-bond acceptors (Lipinski definition) is 2. The number of fused-ring (bicyclic) bond motifs is 2. The van der Waals surface area contributed by atoms with Gasteiger partial charge in [-0.3, -0.25) is 0 Å². The molecule has 2 nitrogen and oxygen atoms in total. The van der Waals surface area contributed by atoms with Crippen molar-refractivity contribution in [2.75, 3.05) is 9.80 Å². The highest BCUT2D eigenvalue weighted by Crippen LogP contribution is 2.55. The van der Waals surface area contributed by atoms with Crippen molar-refractivity contribution in [1.82, 2.24) is 0 Å². The van der Waals surface area contributed by atoms with Crippen molar-refractivity contribution in [2.45, 2.75) is 52.4 Å². The third-order valence-electron chi connectivity index (χ3n) is 6.82. The van der Waals surface area contributed by atoms with Crippen molar-refractivity contribution in [3.8, 4) is 0 Å². The summed E-state index contributed by atoms with van der Waals surface area (Å²) < 4.78 is 2.11. The first-order valence-corrected chi connectivity index (χ1v) is 13.9. The molecule has 1 aliphatic heterocycles. The summed E-state index contributed by atoms with van der Waals surface area (Å²) >= 11 is 7.47. The number of anilines is 6. The largest absolute Gasteiger partial charge is 0.306 e. The first-order chi connectivity index (χ1) is 16.9. The molecule has 0 unspecified atom stereocenters. The van der Waals surface area contributed by atoms with E-state index >= 15 is 0 Å². The summed E-state index contributed by atoms with van der Waals surface area (Å²) in [5, 5.41) is 0. The van der Waals surface area contributed by atoms with Crippen LogP contribution in [-0.4, -0.2) is 0 Å². The summed E-state index contributed by atoms with van der Waals surface area (Å²) in [5.74, 6) is 0. The molecule has 0 radical (unpaired) electrons. The molecule has 1 heterocycles. The van der Waals surface area contributed by atoms with Crippen LogP contribution in [0.25, 0.3) is 0 Å². The molecule has 0 amide bonds. The summed E-state index contributed by atoms with van der Waals surface area (Å²) in [5.41, 5.74) is 9.75. The molecule has 5 rings (SSSR count). The quantitative estimate of drug-likeness (QED) is 0.198. The van der Waals surface area contributed by atoms with Crippen LogP contribution in [0.3, 0.4) is 0 Å². The molecule has 0 aromatic heterocycles. The molecule has 4 heteroatoms. The third kappa shape index (κ3) is 4.62.